The van der Waals surface area contributed by atoms with Crippen molar-refractivity contribution in [2.75, 3.05) is 26.2 Å². The highest BCUT2D eigenvalue weighted by Crippen LogP contribution is 1.94. The van der Waals surface area contributed by atoms with Crippen LogP contribution in [0.2, 0.25) is 0 Å². The fourth-order valence-corrected chi connectivity index (χ4v) is 1.57. The summed E-state index contributed by atoms with van der Waals surface area (Å²) in [5.74, 6) is -1.64. The van der Waals surface area contributed by atoms with Gasteiger partial charge in [0.1, 0.15) is 6.04 Å². The third-order valence-electron chi connectivity index (χ3n) is 2.64. The molecular weight excluding hydrogens is 222 g/mol. The predicted octanol–water partition coefficient (Wildman–Crippen LogP) is -0.363. The summed E-state index contributed by atoms with van der Waals surface area (Å²) >= 11 is 0. The molecule has 0 aromatic carbocycles. The zero-order valence-corrected chi connectivity index (χ0v) is 10.6. The van der Waals surface area contributed by atoms with Gasteiger partial charge in [0.15, 0.2) is 0 Å². The Balaban J connectivity index is 3.82. The molecule has 1 unspecified atom stereocenters. The van der Waals surface area contributed by atoms with Gasteiger partial charge in [0.25, 0.3) is 0 Å². The third kappa shape index (κ3) is 7.70. The highest BCUT2D eigenvalue weighted by atomic mass is 16.4. The largest absolute Gasteiger partial charge is 0.480 e. The first-order valence-electron chi connectivity index (χ1n) is 5.98. The van der Waals surface area contributed by atoms with Crippen LogP contribution in [0.3, 0.4) is 0 Å². The van der Waals surface area contributed by atoms with Crippen molar-refractivity contribution < 1.29 is 14.7 Å². The van der Waals surface area contributed by atoms with Gasteiger partial charge in [-0.25, -0.2) is 0 Å². The molecule has 1 atom stereocenters. The van der Waals surface area contributed by atoms with E-state index in [4.69, 9.17) is 10.8 Å². The minimum atomic E-state index is -1.04. The number of carboxylic acid groups (broad SMARTS) is 1. The summed E-state index contributed by atoms with van der Waals surface area (Å²) in [6, 6.07) is -0.871. The Morgan fingerprint density at radius 1 is 1.35 bits per heavy atom. The topological polar surface area (TPSA) is 95.7 Å². The van der Waals surface area contributed by atoms with E-state index in [2.05, 4.69) is 24.1 Å². The maximum absolute atomic E-state index is 10.8. The van der Waals surface area contributed by atoms with E-state index in [1.165, 1.54) is 0 Å². The van der Waals surface area contributed by atoms with E-state index in [0.717, 1.165) is 26.1 Å². The van der Waals surface area contributed by atoms with E-state index in [-0.39, 0.29) is 6.42 Å². The van der Waals surface area contributed by atoms with Crippen LogP contribution in [0.5, 0.6) is 0 Å². The van der Waals surface area contributed by atoms with Gasteiger partial charge in [0.05, 0.1) is 6.42 Å². The number of amides is 1. The van der Waals surface area contributed by atoms with Gasteiger partial charge in [-0.05, 0) is 32.6 Å². The van der Waals surface area contributed by atoms with Gasteiger partial charge in [0.2, 0.25) is 5.91 Å². The summed E-state index contributed by atoms with van der Waals surface area (Å²) in [6.45, 7) is 7.64. The van der Waals surface area contributed by atoms with Crippen molar-refractivity contribution in [3.8, 4) is 0 Å². The fraction of sp³-hybridized carbons (Fsp3) is 0.818. The molecule has 0 saturated heterocycles. The van der Waals surface area contributed by atoms with Crippen LogP contribution in [0.1, 0.15) is 26.7 Å². The maximum Gasteiger partial charge on any atom is 0.321 e. The zero-order valence-electron chi connectivity index (χ0n) is 10.6. The lowest BCUT2D eigenvalue weighted by molar-refractivity contribution is -0.141. The molecule has 1 amide bonds. The molecule has 0 aromatic rings. The quantitative estimate of drug-likeness (QED) is 0.457. The molecule has 0 aromatic heterocycles. The van der Waals surface area contributed by atoms with Gasteiger partial charge in [0, 0.05) is 0 Å². The number of nitrogens with zero attached hydrogens (tertiary/aromatic N) is 1. The summed E-state index contributed by atoms with van der Waals surface area (Å²) < 4.78 is 0. The van der Waals surface area contributed by atoms with Crippen molar-refractivity contribution in [1.82, 2.24) is 10.2 Å². The monoisotopic (exact) mass is 245 g/mol. The van der Waals surface area contributed by atoms with Crippen LogP contribution in [0, 0.1) is 0 Å². The minimum Gasteiger partial charge on any atom is -0.480 e. The lowest BCUT2D eigenvalue weighted by Gasteiger charge is -2.18. The predicted molar refractivity (Wildman–Crippen MR) is 65.6 cm³/mol. The number of primary amides is 1. The van der Waals surface area contributed by atoms with Gasteiger partial charge in [-0.3, -0.25) is 9.59 Å². The maximum atomic E-state index is 10.8. The summed E-state index contributed by atoms with van der Waals surface area (Å²) in [5.41, 5.74) is 4.98. The molecular formula is C11H23N3O3. The molecule has 0 saturated carbocycles. The van der Waals surface area contributed by atoms with Crippen molar-refractivity contribution in [2.45, 2.75) is 32.7 Å². The fourth-order valence-electron chi connectivity index (χ4n) is 1.57. The molecule has 0 spiro atoms. The highest BCUT2D eigenvalue weighted by Gasteiger charge is 2.18. The summed E-state index contributed by atoms with van der Waals surface area (Å²) in [4.78, 5) is 23.7. The lowest BCUT2D eigenvalue weighted by atomic mass is 10.2. The van der Waals surface area contributed by atoms with Crippen LogP contribution in [0.4, 0.5) is 0 Å². The molecule has 0 aliphatic heterocycles. The molecule has 0 heterocycles. The Morgan fingerprint density at radius 3 is 2.35 bits per heavy atom. The zero-order chi connectivity index (χ0) is 13.3. The van der Waals surface area contributed by atoms with Crippen LogP contribution in [-0.4, -0.2) is 54.1 Å². The van der Waals surface area contributed by atoms with Crippen LogP contribution in [0.15, 0.2) is 0 Å². The smallest absolute Gasteiger partial charge is 0.321 e. The average Bonchev–Trinajstić information content (AvgIpc) is 2.27. The van der Waals surface area contributed by atoms with Crippen molar-refractivity contribution in [3.63, 3.8) is 0 Å². The van der Waals surface area contributed by atoms with E-state index in [0.29, 0.717) is 6.54 Å². The van der Waals surface area contributed by atoms with Gasteiger partial charge in [-0.1, -0.05) is 13.8 Å². The number of rotatable bonds is 10. The first-order valence-corrected chi connectivity index (χ1v) is 5.98. The van der Waals surface area contributed by atoms with Gasteiger partial charge >= 0.3 is 5.97 Å². The molecule has 4 N–H and O–H groups in total. The molecule has 0 bridgehead atoms. The van der Waals surface area contributed by atoms with Crippen molar-refractivity contribution in [1.29, 1.82) is 0 Å². The van der Waals surface area contributed by atoms with Crippen LogP contribution in [0.25, 0.3) is 0 Å². The Morgan fingerprint density at radius 2 is 1.94 bits per heavy atom. The highest BCUT2D eigenvalue weighted by molar-refractivity contribution is 5.83. The molecule has 0 aliphatic carbocycles. The first-order chi connectivity index (χ1) is 8.01. The number of aliphatic carboxylic acids is 1. The van der Waals surface area contributed by atoms with E-state index >= 15 is 0 Å². The number of carbonyl (C=O) groups excluding carboxylic acids is 1. The first kappa shape index (κ1) is 15.9. The van der Waals surface area contributed by atoms with Gasteiger partial charge < -0.3 is 21.1 Å². The number of carboxylic acids is 1. The van der Waals surface area contributed by atoms with E-state index in [1.807, 2.05) is 0 Å². The minimum absolute atomic E-state index is 0.166. The van der Waals surface area contributed by atoms with Crippen LogP contribution >= 0.6 is 0 Å². The molecule has 100 valence electrons. The normalized spacial score (nSPS) is 12.6. The van der Waals surface area contributed by atoms with Gasteiger partial charge in [-0.2, -0.15) is 0 Å². The summed E-state index contributed by atoms with van der Waals surface area (Å²) in [6.07, 6.45) is 0.685. The number of nitrogens with one attached hydrogen (secondary N) is 1. The van der Waals surface area contributed by atoms with Crippen molar-refractivity contribution in [3.05, 3.63) is 0 Å². The standard InChI is InChI=1S/C11H23N3O3/c1-3-14(4-2)7-5-6-13-9(11(16)17)8-10(12)15/h9,13H,3-8H2,1-2H3,(H2,12,15)(H,16,17). The number of hydrogen-bond acceptors (Lipinski definition) is 4. The Bertz CT molecular complexity index is 242. The Kier molecular flexibility index (Phi) is 8.35. The second kappa shape index (κ2) is 8.95. The lowest BCUT2D eigenvalue weighted by Crippen LogP contribution is -2.41. The summed E-state index contributed by atoms with van der Waals surface area (Å²) in [7, 11) is 0. The molecule has 0 aliphatic rings. The number of carbonyl (C=O) groups is 2. The van der Waals surface area contributed by atoms with Crippen molar-refractivity contribution in [2.24, 2.45) is 5.73 Å². The van der Waals surface area contributed by atoms with Crippen LogP contribution in [-0.2, 0) is 9.59 Å². The van der Waals surface area contributed by atoms with Crippen LogP contribution < -0.4 is 11.1 Å². The second-order valence-corrected chi connectivity index (χ2v) is 3.90. The molecule has 6 heteroatoms. The SMILES string of the molecule is CCN(CC)CCCNC(CC(N)=O)C(=O)O. The van der Waals surface area contributed by atoms with Crippen molar-refractivity contribution >= 4 is 11.9 Å². The molecule has 0 fully saturated rings. The number of nitrogens with two attached hydrogens (primary N) is 1. The Hall–Kier alpha value is -1.14. The molecule has 17 heavy (non-hydrogen) atoms. The van der Waals surface area contributed by atoms with Gasteiger partial charge in [-0.15, -0.1) is 0 Å². The molecule has 6 nitrogen and oxygen atoms in total. The third-order valence-corrected chi connectivity index (χ3v) is 2.64. The summed E-state index contributed by atoms with van der Waals surface area (Å²) in [5, 5.41) is 11.7. The number of hydrogen-bond donors (Lipinski definition) is 3. The molecule has 0 rings (SSSR count). The van der Waals surface area contributed by atoms with E-state index in [9.17, 15) is 9.59 Å². The Labute approximate surface area is 102 Å². The van der Waals surface area contributed by atoms with E-state index < -0.39 is 17.9 Å². The second-order valence-electron chi connectivity index (χ2n) is 3.90. The average molecular weight is 245 g/mol. The van der Waals surface area contributed by atoms with E-state index in [1.54, 1.807) is 0 Å². The molecule has 0 radical (unpaired) electrons.